The maximum Gasteiger partial charge on any atom is 0.417 e. The summed E-state index contributed by atoms with van der Waals surface area (Å²) in [4.78, 5) is 23.0. The highest BCUT2D eigenvalue weighted by molar-refractivity contribution is 5.94. The lowest BCUT2D eigenvalue weighted by Crippen LogP contribution is -2.19. The Morgan fingerprint density at radius 1 is 1.00 bits per heavy atom. The van der Waals surface area contributed by atoms with Gasteiger partial charge in [-0.25, -0.2) is 10.3 Å². The van der Waals surface area contributed by atoms with E-state index in [9.17, 15) is 9.59 Å². The summed E-state index contributed by atoms with van der Waals surface area (Å²) in [7, 11) is 0. The van der Waals surface area contributed by atoms with Crippen LogP contribution >= 0.6 is 0 Å². The quantitative estimate of drug-likeness (QED) is 0.595. The molecule has 23 heavy (non-hydrogen) atoms. The maximum atomic E-state index is 11.8. The lowest BCUT2D eigenvalue weighted by Gasteiger charge is -2.09. The molecule has 120 valence electrons. The minimum atomic E-state index is -0.623. The zero-order chi connectivity index (χ0) is 16.8. The summed E-state index contributed by atoms with van der Waals surface area (Å²) in [5.41, 5.74) is 3.45. The van der Waals surface area contributed by atoms with Gasteiger partial charge in [-0.3, -0.25) is 15.3 Å². The maximum absolute atomic E-state index is 11.8. The Morgan fingerprint density at radius 2 is 1.61 bits per heavy atom. The van der Waals surface area contributed by atoms with Crippen molar-refractivity contribution in [2.45, 2.75) is 19.8 Å². The van der Waals surface area contributed by atoms with Gasteiger partial charge in [-0.2, -0.15) is 0 Å². The van der Waals surface area contributed by atoms with Crippen LogP contribution in [0.3, 0.4) is 0 Å². The van der Waals surface area contributed by atoms with Crippen molar-refractivity contribution >= 4 is 17.7 Å². The van der Waals surface area contributed by atoms with Gasteiger partial charge < -0.3 is 4.74 Å². The highest BCUT2D eigenvalue weighted by Gasteiger charge is 2.08. The Bertz CT molecular complexity index is 679. The molecule has 0 aliphatic heterocycles. The van der Waals surface area contributed by atoms with Crippen molar-refractivity contribution in [1.82, 2.24) is 5.48 Å². The molecule has 2 amide bonds. The summed E-state index contributed by atoms with van der Waals surface area (Å²) in [6, 6.07) is 13.3. The van der Waals surface area contributed by atoms with Crippen LogP contribution in [0.2, 0.25) is 0 Å². The van der Waals surface area contributed by atoms with Crippen LogP contribution in [0.5, 0.6) is 5.75 Å². The SMILES string of the molecule is CC(C)c1ccc(OC(=O)Nc2ccc(C(=O)NO)cc2)cc1. The molecule has 2 rings (SSSR count). The van der Waals surface area contributed by atoms with Crippen molar-refractivity contribution in [3.63, 3.8) is 0 Å². The summed E-state index contributed by atoms with van der Waals surface area (Å²) in [6.45, 7) is 4.17. The van der Waals surface area contributed by atoms with E-state index in [4.69, 9.17) is 9.94 Å². The molecule has 0 unspecified atom stereocenters. The zero-order valence-corrected chi connectivity index (χ0v) is 12.9. The lowest BCUT2D eigenvalue weighted by molar-refractivity contribution is 0.0706. The highest BCUT2D eigenvalue weighted by atomic mass is 16.6. The van der Waals surface area contributed by atoms with Crippen molar-refractivity contribution in [3.8, 4) is 5.75 Å². The van der Waals surface area contributed by atoms with E-state index in [-0.39, 0.29) is 5.56 Å². The van der Waals surface area contributed by atoms with Crippen LogP contribution in [0, 0.1) is 0 Å². The average molecular weight is 314 g/mol. The van der Waals surface area contributed by atoms with Crippen molar-refractivity contribution in [2.75, 3.05) is 5.32 Å². The number of benzene rings is 2. The van der Waals surface area contributed by atoms with Gasteiger partial charge in [0.15, 0.2) is 0 Å². The monoisotopic (exact) mass is 314 g/mol. The fraction of sp³-hybridized carbons (Fsp3) is 0.176. The number of nitrogens with one attached hydrogen (secondary N) is 2. The van der Waals surface area contributed by atoms with Gasteiger partial charge in [-0.1, -0.05) is 26.0 Å². The number of carbonyl (C=O) groups excluding carboxylic acids is 2. The van der Waals surface area contributed by atoms with Gasteiger partial charge in [-0.15, -0.1) is 0 Å². The predicted molar refractivity (Wildman–Crippen MR) is 85.9 cm³/mol. The van der Waals surface area contributed by atoms with Gasteiger partial charge in [0.05, 0.1) is 0 Å². The Balaban J connectivity index is 1.95. The number of hydrogen-bond donors (Lipinski definition) is 3. The van der Waals surface area contributed by atoms with Crippen LogP contribution < -0.4 is 15.5 Å². The van der Waals surface area contributed by atoms with Gasteiger partial charge in [0.25, 0.3) is 5.91 Å². The summed E-state index contributed by atoms with van der Waals surface area (Å²) >= 11 is 0. The normalized spacial score (nSPS) is 10.3. The molecule has 0 fully saturated rings. The number of amides is 2. The molecule has 0 bridgehead atoms. The van der Waals surface area contributed by atoms with Crippen LogP contribution in [0.1, 0.15) is 35.7 Å². The summed E-state index contributed by atoms with van der Waals surface area (Å²) in [6.07, 6.45) is -0.623. The molecule has 0 aliphatic rings. The first-order valence-corrected chi connectivity index (χ1v) is 7.13. The molecule has 2 aromatic rings. The number of hydroxylamine groups is 1. The van der Waals surface area contributed by atoms with Crippen LogP contribution in [0.4, 0.5) is 10.5 Å². The first-order chi connectivity index (χ1) is 11.0. The standard InChI is InChI=1S/C17H18N2O4/c1-11(2)12-5-9-15(10-6-12)23-17(21)18-14-7-3-13(4-8-14)16(20)19-22/h3-11,22H,1-2H3,(H,18,21)(H,19,20). The molecule has 3 N–H and O–H groups in total. The fourth-order valence-electron chi connectivity index (χ4n) is 1.94. The van der Waals surface area contributed by atoms with E-state index >= 15 is 0 Å². The van der Waals surface area contributed by atoms with Crippen molar-refractivity contribution in [3.05, 3.63) is 59.7 Å². The minimum absolute atomic E-state index is 0.274. The molecule has 2 aromatic carbocycles. The highest BCUT2D eigenvalue weighted by Crippen LogP contribution is 2.19. The second kappa shape index (κ2) is 7.42. The second-order valence-electron chi connectivity index (χ2n) is 5.26. The van der Waals surface area contributed by atoms with E-state index in [2.05, 4.69) is 19.2 Å². The van der Waals surface area contributed by atoms with E-state index < -0.39 is 12.0 Å². The van der Waals surface area contributed by atoms with Gasteiger partial charge in [-0.05, 0) is 47.9 Å². The molecule has 0 aromatic heterocycles. The third kappa shape index (κ3) is 4.55. The van der Waals surface area contributed by atoms with E-state index in [1.165, 1.54) is 29.7 Å². The molecule has 6 heteroatoms. The van der Waals surface area contributed by atoms with E-state index in [0.29, 0.717) is 17.4 Å². The van der Waals surface area contributed by atoms with Crippen molar-refractivity contribution in [1.29, 1.82) is 0 Å². The van der Waals surface area contributed by atoms with Gasteiger partial charge in [0, 0.05) is 11.3 Å². The number of ether oxygens (including phenoxy) is 1. The Labute approximate surface area is 134 Å². The third-order valence-corrected chi connectivity index (χ3v) is 3.25. The van der Waals surface area contributed by atoms with Crippen LogP contribution in [0.15, 0.2) is 48.5 Å². The average Bonchev–Trinajstić information content (AvgIpc) is 2.55. The third-order valence-electron chi connectivity index (χ3n) is 3.25. The largest absolute Gasteiger partial charge is 0.417 e. The number of rotatable bonds is 4. The molecular weight excluding hydrogens is 296 g/mol. The van der Waals surface area contributed by atoms with Crippen LogP contribution in [0.25, 0.3) is 0 Å². The summed E-state index contributed by atoms with van der Waals surface area (Å²) in [5, 5.41) is 11.1. The first-order valence-electron chi connectivity index (χ1n) is 7.13. The molecule has 0 spiro atoms. The Hall–Kier alpha value is -2.86. The molecule has 0 heterocycles. The van der Waals surface area contributed by atoms with Crippen molar-refractivity contribution in [2.24, 2.45) is 0 Å². The van der Waals surface area contributed by atoms with E-state index in [0.717, 1.165) is 5.56 Å². The molecule has 0 atom stereocenters. The van der Waals surface area contributed by atoms with Crippen LogP contribution in [-0.2, 0) is 0 Å². The van der Waals surface area contributed by atoms with Gasteiger partial charge in [0.1, 0.15) is 5.75 Å². The molecule has 0 saturated carbocycles. The fourth-order valence-corrected chi connectivity index (χ4v) is 1.94. The minimum Gasteiger partial charge on any atom is -0.410 e. The molecule has 0 radical (unpaired) electrons. The van der Waals surface area contributed by atoms with E-state index in [1.54, 1.807) is 12.1 Å². The molecule has 0 aliphatic carbocycles. The zero-order valence-electron chi connectivity index (χ0n) is 12.9. The first kappa shape index (κ1) is 16.5. The van der Waals surface area contributed by atoms with Gasteiger partial charge >= 0.3 is 6.09 Å². The smallest absolute Gasteiger partial charge is 0.410 e. The van der Waals surface area contributed by atoms with Gasteiger partial charge in [0.2, 0.25) is 0 Å². The topological polar surface area (TPSA) is 87.7 Å². The Kier molecular flexibility index (Phi) is 5.32. The molecular formula is C17H18N2O4. The lowest BCUT2D eigenvalue weighted by atomic mass is 10.0. The van der Waals surface area contributed by atoms with E-state index in [1.807, 2.05) is 12.1 Å². The molecule has 6 nitrogen and oxygen atoms in total. The summed E-state index contributed by atoms with van der Waals surface area (Å²) < 4.78 is 5.18. The predicted octanol–water partition coefficient (Wildman–Crippen LogP) is 3.54. The van der Waals surface area contributed by atoms with Crippen molar-refractivity contribution < 1.29 is 19.5 Å². The van der Waals surface area contributed by atoms with Crippen LogP contribution in [-0.4, -0.2) is 17.2 Å². The number of carbonyl (C=O) groups is 2. The number of anilines is 1. The second-order valence-corrected chi connectivity index (χ2v) is 5.26. The number of hydrogen-bond acceptors (Lipinski definition) is 4. The summed E-state index contributed by atoms with van der Waals surface area (Å²) in [5.74, 6) is 0.236. The Morgan fingerprint density at radius 3 is 2.13 bits per heavy atom. The molecule has 0 saturated heterocycles.